The molecule has 0 spiro atoms. The Morgan fingerprint density at radius 3 is 2.45 bits per heavy atom. The average Bonchev–Trinajstić information content (AvgIpc) is 3.95. The number of fused-ring (bicyclic) bond motifs is 6. The summed E-state index contributed by atoms with van der Waals surface area (Å²) >= 11 is 1.26. The predicted molar refractivity (Wildman–Crippen MR) is 206 cm³/mol. The first-order valence-electron chi connectivity index (χ1n) is 18.5. The van der Waals surface area contributed by atoms with E-state index < -0.39 is 12.2 Å². The Kier molecular flexibility index (Phi) is 7.47. The number of nitrogens with zero attached hydrogens (tertiary/aromatic N) is 7. The van der Waals surface area contributed by atoms with Crippen molar-refractivity contribution in [2.75, 3.05) is 39.6 Å². The Morgan fingerprint density at radius 1 is 0.672 bits per heavy atom. The smallest absolute Gasteiger partial charge is 0.257 e. The number of aromatic amines is 1. The van der Waals surface area contributed by atoms with Gasteiger partial charge in [0.1, 0.15) is 50.8 Å². The van der Waals surface area contributed by atoms with Gasteiger partial charge in [0.2, 0.25) is 0 Å². The molecule has 1 aromatic carbocycles. The Hall–Kier alpha value is -7.27. The van der Waals surface area contributed by atoms with E-state index in [1.165, 1.54) is 11.5 Å². The summed E-state index contributed by atoms with van der Waals surface area (Å²) < 4.78 is 53.3. The van der Waals surface area contributed by atoms with E-state index in [1.807, 2.05) is 54.7 Å². The first kappa shape index (κ1) is 32.9. The minimum Gasteiger partial charge on any atom is -0.486 e. The zero-order chi connectivity index (χ0) is 38.2. The molecule has 1 N–H and O–H groups in total. The lowest BCUT2D eigenvalue weighted by Crippen LogP contribution is -2.28. The van der Waals surface area contributed by atoms with Gasteiger partial charge in [0, 0.05) is 70.0 Å². The third kappa shape index (κ3) is 5.53. The van der Waals surface area contributed by atoms with Crippen molar-refractivity contribution < 1.29 is 37.9 Å². The fraction of sp³-hybridized carbons (Fsp3) is 0.195. The van der Waals surface area contributed by atoms with E-state index in [0.717, 1.165) is 32.6 Å². The fourth-order valence-electron chi connectivity index (χ4n) is 7.47. The summed E-state index contributed by atoms with van der Waals surface area (Å²) in [6.07, 6.45) is 5.39. The summed E-state index contributed by atoms with van der Waals surface area (Å²) in [5.74, 6) is 3.81. The maximum Gasteiger partial charge on any atom is 0.257 e. The molecule has 2 unspecified atom stereocenters. The van der Waals surface area contributed by atoms with Crippen LogP contribution in [0.15, 0.2) is 73.3 Å². The molecule has 7 aromatic heterocycles. The van der Waals surface area contributed by atoms with Gasteiger partial charge in [0.25, 0.3) is 11.8 Å². The van der Waals surface area contributed by atoms with E-state index in [0.29, 0.717) is 120 Å². The molecule has 1 radical (unpaired) electrons. The largest absolute Gasteiger partial charge is 0.486 e. The third-order valence-corrected chi connectivity index (χ3v) is 10.8. The number of aromatic nitrogens is 8. The molecule has 16 nitrogen and oxygen atoms in total. The number of H-pyrrole nitrogens is 1. The van der Waals surface area contributed by atoms with Gasteiger partial charge in [-0.15, -0.1) is 5.10 Å². The molecule has 0 bridgehead atoms. The molecule has 11 heterocycles. The number of rotatable bonds is 5. The van der Waals surface area contributed by atoms with Crippen LogP contribution in [0.3, 0.4) is 0 Å². The first-order valence-corrected chi connectivity index (χ1v) is 19.2. The van der Waals surface area contributed by atoms with Crippen molar-refractivity contribution in [1.29, 1.82) is 0 Å². The number of hydrogen-bond donors (Lipinski definition) is 1. The van der Waals surface area contributed by atoms with Gasteiger partial charge in [0.05, 0.1) is 23.1 Å². The second kappa shape index (κ2) is 13.2. The molecule has 285 valence electrons. The molecule has 4 aliphatic heterocycles. The number of ether oxygens (including phenoxy) is 8. The van der Waals surface area contributed by atoms with Gasteiger partial charge in [-0.1, -0.05) is 4.49 Å². The average molecular weight is 792 g/mol. The number of benzene rings is 1. The summed E-state index contributed by atoms with van der Waals surface area (Å²) in [6, 6.07) is 18.8. The number of hydrogen-bond acceptors (Lipinski definition) is 16. The maximum absolute atomic E-state index is 7.05. The van der Waals surface area contributed by atoms with Gasteiger partial charge in [-0.05, 0) is 48.0 Å². The van der Waals surface area contributed by atoms with Crippen molar-refractivity contribution in [1.82, 2.24) is 39.5 Å². The Balaban J connectivity index is 1.03. The quantitative estimate of drug-likeness (QED) is 0.199. The molecule has 0 saturated carbocycles. The number of pyridine rings is 5. The molecule has 4 aliphatic rings. The monoisotopic (exact) mass is 791 g/mol. The van der Waals surface area contributed by atoms with Crippen molar-refractivity contribution in [3.63, 3.8) is 0 Å². The molecule has 0 saturated heterocycles. The lowest BCUT2D eigenvalue weighted by Gasteiger charge is -2.35. The van der Waals surface area contributed by atoms with E-state index in [9.17, 15) is 0 Å². The van der Waals surface area contributed by atoms with Crippen LogP contribution in [0.4, 0.5) is 0 Å². The molecular weight excluding hydrogens is 765 g/mol. The van der Waals surface area contributed by atoms with Crippen molar-refractivity contribution >= 4 is 32.9 Å². The van der Waals surface area contributed by atoms with E-state index in [2.05, 4.69) is 35.6 Å². The van der Waals surface area contributed by atoms with Gasteiger partial charge in [0.15, 0.2) is 51.5 Å². The molecule has 8 aromatic rings. The van der Waals surface area contributed by atoms with Crippen molar-refractivity contribution in [3.8, 4) is 79.9 Å². The van der Waals surface area contributed by atoms with Gasteiger partial charge < -0.3 is 42.9 Å². The predicted octanol–water partition coefficient (Wildman–Crippen LogP) is 6.52. The molecule has 58 heavy (non-hydrogen) atoms. The Bertz CT molecular complexity index is 2940. The SMILES string of the molecule is [c]1c(-c2cc3c(-c4cnc5snnc5c4)ccnc3[nH]2)cc2c(c1-c1ccc3c(n1)OCCO3)OC(c1cnc3c(c1)OCCO3)C(c1cc3c(cn1)OCCO3)O2. The van der Waals surface area contributed by atoms with Crippen LogP contribution < -0.4 is 37.9 Å². The van der Waals surface area contributed by atoms with Crippen molar-refractivity contribution in [3.05, 3.63) is 90.6 Å². The molecule has 17 heteroatoms. The van der Waals surface area contributed by atoms with E-state index in [4.69, 9.17) is 47.9 Å². The Morgan fingerprint density at radius 2 is 1.52 bits per heavy atom. The zero-order valence-electron chi connectivity index (χ0n) is 30.1. The summed E-state index contributed by atoms with van der Waals surface area (Å²) in [5.41, 5.74) is 6.93. The van der Waals surface area contributed by atoms with Gasteiger partial charge in [-0.25, -0.2) is 19.9 Å². The van der Waals surface area contributed by atoms with Gasteiger partial charge in [-0.3, -0.25) is 4.98 Å². The van der Waals surface area contributed by atoms with Gasteiger partial charge in [-0.2, -0.15) is 0 Å². The minimum atomic E-state index is -0.775. The van der Waals surface area contributed by atoms with Crippen LogP contribution in [0, 0.1) is 6.07 Å². The van der Waals surface area contributed by atoms with E-state index in [1.54, 1.807) is 18.6 Å². The van der Waals surface area contributed by atoms with Crippen LogP contribution in [0.5, 0.6) is 46.3 Å². The van der Waals surface area contributed by atoms with Crippen LogP contribution in [0.2, 0.25) is 0 Å². The molecule has 0 amide bonds. The summed E-state index contributed by atoms with van der Waals surface area (Å²) in [6.45, 7) is 2.47. The lowest BCUT2D eigenvalue weighted by molar-refractivity contribution is 0.0156. The topological polar surface area (TPSA) is 180 Å². The van der Waals surface area contributed by atoms with Crippen LogP contribution in [-0.2, 0) is 0 Å². The van der Waals surface area contributed by atoms with Gasteiger partial charge >= 0.3 is 0 Å². The molecule has 12 rings (SSSR count). The van der Waals surface area contributed by atoms with E-state index in [-0.39, 0.29) is 0 Å². The highest BCUT2D eigenvalue weighted by Gasteiger charge is 2.39. The lowest BCUT2D eigenvalue weighted by atomic mass is 9.97. The first-order chi connectivity index (χ1) is 28.7. The maximum atomic E-state index is 7.05. The summed E-state index contributed by atoms with van der Waals surface area (Å²) in [4.78, 5) is 27.8. The highest BCUT2D eigenvalue weighted by Crippen LogP contribution is 2.53. The van der Waals surface area contributed by atoms with Crippen molar-refractivity contribution in [2.45, 2.75) is 12.2 Å². The third-order valence-electron chi connectivity index (χ3n) is 10.2. The fourth-order valence-corrected chi connectivity index (χ4v) is 7.97. The highest BCUT2D eigenvalue weighted by atomic mass is 32.1. The molecule has 2 atom stereocenters. The molecular formula is C41H27N8O8S. The highest BCUT2D eigenvalue weighted by molar-refractivity contribution is 7.12. The van der Waals surface area contributed by atoms with Crippen LogP contribution in [-0.4, -0.2) is 79.1 Å². The Labute approximate surface area is 331 Å². The normalized spacial score (nSPS) is 17.7. The second-order valence-electron chi connectivity index (χ2n) is 13.7. The summed E-state index contributed by atoms with van der Waals surface area (Å²) in [5, 5.41) is 5.12. The zero-order valence-corrected chi connectivity index (χ0v) is 30.9. The van der Waals surface area contributed by atoms with E-state index >= 15 is 0 Å². The van der Waals surface area contributed by atoms with Crippen LogP contribution >= 0.6 is 11.5 Å². The van der Waals surface area contributed by atoms with Crippen LogP contribution in [0.25, 0.3) is 55.0 Å². The second-order valence-corrected chi connectivity index (χ2v) is 14.4. The van der Waals surface area contributed by atoms with Crippen LogP contribution in [0.1, 0.15) is 23.5 Å². The molecule has 0 fully saturated rings. The standard InChI is InChI=1S/C41H27N8O8S/c1-2-30-40(55-10-7-50-30)47-26(1)25-11-20(27-15-24-23(3-4-42-38(24)46-27)21-12-29-41(45-17-21)58-49-48-29)13-32-36(25)57-35(22-14-33-39(44-18-22)54-9-8-52-33)37(56-32)28-16-31-34(19-43-28)53-6-5-51-31/h1-4,12-19,35,37H,5-10H2,(H,42,46). The summed E-state index contributed by atoms with van der Waals surface area (Å²) in [7, 11) is 0. The minimum absolute atomic E-state index is 0.374. The number of nitrogens with one attached hydrogen (secondary N) is 1. The van der Waals surface area contributed by atoms with Crippen molar-refractivity contribution in [2.24, 2.45) is 0 Å². The molecule has 0 aliphatic carbocycles.